The van der Waals surface area contributed by atoms with Crippen LogP contribution in [0.15, 0.2) is 18.2 Å². The fourth-order valence-electron chi connectivity index (χ4n) is 1.50. The van der Waals surface area contributed by atoms with E-state index < -0.39 is 11.6 Å². The molecule has 0 fully saturated rings. The Bertz CT molecular complexity index is 292. The van der Waals surface area contributed by atoms with Crippen molar-refractivity contribution in [3.05, 3.63) is 29.8 Å². The summed E-state index contributed by atoms with van der Waals surface area (Å²) in [5, 5.41) is 3.08. The highest BCUT2D eigenvalue weighted by molar-refractivity contribution is 5.44. The Labute approximate surface area is 89.5 Å². The first-order valence-corrected chi connectivity index (χ1v) is 5.34. The van der Waals surface area contributed by atoms with Gasteiger partial charge in [0.2, 0.25) is 0 Å². The smallest absolute Gasteiger partial charge is 0.128 e. The lowest BCUT2D eigenvalue weighted by Gasteiger charge is -2.14. The number of hydrogen-bond acceptors (Lipinski definition) is 1. The Morgan fingerprint density at radius 1 is 1.20 bits per heavy atom. The zero-order valence-corrected chi connectivity index (χ0v) is 9.19. The molecule has 3 heteroatoms. The SMILES string of the molecule is CCCCC(C)Nc1cc(F)cc(F)c1. The molecule has 0 aliphatic heterocycles. The van der Waals surface area contributed by atoms with E-state index >= 15 is 0 Å². The van der Waals surface area contributed by atoms with E-state index in [1.54, 1.807) is 0 Å². The number of anilines is 1. The maximum absolute atomic E-state index is 12.9. The minimum atomic E-state index is -0.541. The Balaban J connectivity index is 2.56. The molecular formula is C12H17F2N. The van der Waals surface area contributed by atoms with E-state index in [0.29, 0.717) is 5.69 Å². The predicted molar refractivity (Wildman–Crippen MR) is 59.0 cm³/mol. The van der Waals surface area contributed by atoms with Crippen molar-refractivity contribution in [3.8, 4) is 0 Å². The molecule has 1 N–H and O–H groups in total. The highest BCUT2D eigenvalue weighted by Crippen LogP contribution is 2.15. The average molecular weight is 213 g/mol. The van der Waals surface area contributed by atoms with Gasteiger partial charge in [0.15, 0.2) is 0 Å². The van der Waals surface area contributed by atoms with Gasteiger partial charge in [-0.2, -0.15) is 0 Å². The van der Waals surface area contributed by atoms with Crippen molar-refractivity contribution in [1.29, 1.82) is 0 Å². The second kappa shape index (κ2) is 5.69. The summed E-state index contributed by atoms with van der Waals surface area (Å²) in [6.45, 7) is 4.13. The second-order valence-electron chi connectivity index (χ2n) is 3.85. The maximum atomic E-state index is 12.9. The van der Waals surface area contributed by atoms with Gasteiger partial charge in [0, 0.05) is 17.8 Å². The number of nitrogens with one attached hydrogen (secondary N) is 1. The molecule has 1 aromatic rings. The van der Waals surface area contributed by atoms with Crippen LogP contribution in [0.2, 0.25) is 0 Å². The van der Waals surface area contributed by atoms with E-state index in [-0.39, 0.29) is 6.04 Å². The topological polar surface area (TPSA) is 12.0 Å². The van der Waals surface area contributed by atoms with Crippen molar-refractivity contribution >= 4 is 5.69 Å². The molecule has 0 radical (unpaired) electrons. The lowest BCUT2D eigenvalue weighted by molar-refractivity contribution is 0.582. The van der Waals surface area contributed by atoms with Crippen LogP contribution >= 0.6 is 0 Å². The normalized spacial score (nSPS) is 12.5. The molecule has 15 heavy (non-hydrogen) atoms. The third-order valence-electron chi connectivity index (χ3n) is 2.27. The van der Waals surface area contributed by atoms with Crippen molar-refractivity contribution in [2.45, 2.75) is 39.2 Å². The molecule has 1 aromatic carbocycles. The molecule has 0 aliphatic carbocycles. The van der Waals surface area contributed by atoms with Crippen LogP contribution < -0.4 is 5.32 Å². The first-order chi connectivity index (χ1) is 7.11. The van der Waals surface area contributed by atoms with Gasteiger partial charge in [-0.15, -0.1) is 0 Å². The standard InChI is InChI=1S/C12H17F2N/c1-3-4-5-9(2)15-12-7-10(13)6-11(14)8-12/h6-9,15H,3-5H2,1-2H3. The molecule has 1 unspecified atom stereocenters. The van der Waals surface area contributed by atoms with Crippen LogP contribution in [-0.2, 0) is 0 Å². The number of unbranched alkanes of at least 4 members (excludes halogenated alkanes) is 1. The van der Waals surface area contributed by atoms with Crippen molar-refractivity contribution in [3.63, 3.8) is 0 Å². The van der Waals surface area contributed by atoms with Gasteiger partial charge < -0.3 is 5.32 Å². The summed E-state index contributed by atoms with van der Waals surface area (Å²) in [6, 6.07) is 3.74. The summed E-state index contributed by atoms with van der Waals surface area (Å²) < 4.78 is 25.7. The van der Waals surface area contributed by atoms with Gasteiger partial charge >= 0.3 is 0 Å². The van der Waals surface area contributed by atoms with Crippen molar-refractivity contribution in [1.82, 2.24) is 0 Å². The summed E-state index contributed by atoms with van der Waals surface area (Å²) in [5.41, 5.74) is 0.510. The molecule has 0 aliphatic rings. The fraction of sp³-hybridized carbons (Fsp3) is 0.500. The van der Waals surface area contributed by atoms with Gasteiger partial charge in [-0.1, -0.05) is 19.8 Å². The van der Waals surface area contributed by atoms with Crippen LogP contribution in [0.3, 0.4) is 0 Å². The van der Waals surface area contributed by atoms with E-state index in [1.807, 2.05) is 6.92 Å². The molecule has 1 atom stereocenters. The minimum absolute atomic E-state index is 0.242. The van der Waals surface area contributed by atoms with Gasteiger partial charge in [0.05, 0.1) is 0 Å². The quantitative estimate of drug-likeness (QED) is 0.780. The van der Waals surface area contributed by atoms with Gasteiger partial charge in [-0.25, -0.2) is 8.78 Å². The summed E-state index contributed by atoms with van der Waals surface area (Å²) in [5.74, 6) is -1.08. The van der Waals surface area contributed by atoms with Crippen molar-refractivity contribution in [2.24, 2.45) is 0 Å². The van der Waals surface area contributed by atoms with Crippen LogP contribution in [0.1, 0.15) is 33.1 Å². The lowest BCUT2D eigenvalue weighted by Crippen LogP contribution is -2.14. The van der Waals surface area contributed by atoms with E-state index in [1.165, 1.54) is 12.1 Å². The van der Waals surface area contributed by atoms with Crippen LogP contribution in [0.4, 0.5) is 14.5 Å². The summed E-state index contributed by atoms with van der Waals surface area (Å²) >= 11 is 0. The van der Waals surface area contributed by atoms with Crippen molar-refractivity contribution in [2.75, 3.05) is 5.32 Å². The molecular weight excluding hydrogens is 196 g/mol. The van der Waals surface area contributed by atoms with Gasteiger partial charge in [0.25, 0.3) is 0 Å². The molecule has 0 bridgehead atoms. The maximum Gasteiger partial charge on any atom is 0.128 e. The van der Waals surface area contributed by atoms with E-state index in [9.17, 15) is 8.78 Å². The molecule has 0 heterocycles. The Morgan fingerprint density at radius 2 is 1.80 bits per heavy atom. The Morgan fingerprint density at radius 3 is 2.33 bits per heavy atom. The molecule has 0 saturated heterocycles. The van der Waals surface area contributed by atoms with Gasteiger partial charge in [0.1, 0.15) is 11.6 Å². The number of rotatable bonds is 5. The van der Waals surface area contributed by atoms with E-state index in [0.717, 1.165) is 25.3 Å². The molecule has 0 amide bonds. The molecule has 0 spiro atoms. The molecule has 1 rings (SSSR count). The van der Waals surface area contributed by atoms with Crippen LogP contribution in [0.5, 0.6) is 0 Å². The third kappa shape index (κ3) is 4.28. The first kappa shape index (κ1) is 12.0. The van der Waals surface area contributed by atoms with E-state index in [2.05, 4.69) is 12.2 Å². The molecule has 1 nitrogen and oxygen atoms in total. The molecule has 0 aromatic heterocycles. The predicted octanol–water partition coefficient (Wildman–Crippen LogP) is 3.96. The van der Waals surface area contributed by atoms with Gasteiger partial charge in [-0.3, -0.25) is 0 Å². The average Bonchev–Trinajstić information content (AvgIpc) is 2.13. The second-order valence-corrected chi connectivity index (χ2v) is 3.85. The number of halogens is 2. The Hall–Kier alpha value is -1.12. The fourth-order valence-corrected chi connectivity index (χ4v) is 1.50. The van der Waals surface area contributed by atoms with Gasteiger partial charge in [-0.05, 0) is 25.5 Å². The van der Waals surface area contributed by atoms with Crippen molar-refractivity contribution < 1.29 is 8.78 Å². The van der Waals surface area contributed by atoms with E-state index in [4.69, 9.17) is 0 Å². The van der Waals surface area contributed by atoms with Crippen LogP contribution in [0, 0.1) is 11.6 Å². The van der Waals surface area contributed by atoms with Crippen LogP contribution in [-0.4, -0.2) is 6.04 Å². The summed E-state index contributed by atoms with van der Waals surface area (Å²) in [7, 11) is 0. The molecule has 0 saturated carbocycles. The minimum Gasteiger partial charge on any atom is -0.382 e. The lowest BCUT2D eigenvalue weighted by atomic mass is 10.1. The highest BCUT2D eigenvalue weighted by Gasteiger charge is 2.04. The number of hydrogen-bond donors (Lipinski definition) is 1. The first-order valence-electron chi connectivity index (χ1n) is 5.34. The number of benzene rings is 1. The Kier molecular flexibility index (Phi) is 4.53. The summed E-state index contributed by atoms with van der Waals surface area (Å²) in [4.78, 5) is 0. The monoisotopic (exact) mass is 213 g/mol. The largest absolute Gasteiger partial charge is 0.382 e. The molecule has 84 valence electrons. The highest BCUT2D eigenvalue weighted by atomic mass is 19.1. The zero-order valence-electron chi connectivity index (χ0n) is 9.19. The third-order valence-corrected chi connectivity index (χ3v) is 2.27. The zero-order chi connectivity index (χ0) is 11.3. The summed E-state index contributed by atoms with van der Waals surface area (Å²) in [6.07, 6.45) is 3.25. The van der Waals surface area contributed by atoms with Crippen LogP contribution in [0.25, 0.3) is 0 Å².